The minimum atomic E-state index is -0.195. The Morgan fingerprint density at radius 2 is 2.11 bits per heavy atom. The number of amides is 1. The van der Waals surface area contributed by atoms with Gasteiger partial charge in [-0.05, 0) is 33.6 Å². The maximum Gasteiger partial charge on any atom is 0.310 e. The van der Waals surface area contributed by atoms with E-state index in [9.17, 15) is 9.59 Å². The van der Waals surface area contributed by atoms with E-state index >= 15 is 0 Å². The predicted octanol–water partition coefficient (Wildman–Crippen LogP) is 1.21. The van der Waals surface area contributed by atoms with Crippen molar-refractivity contribution in [2.75, 3.05) is 26.3 Å². The van der Waals surface area contributed by atoms with Crippen molar-refractivity contribution >= 4 is 11.9 Å². The summed E-state index contributed by atoms with van der Waals surface area (Å²) in [6.45, 7) is 7.22. The van der Waals surface area contributed by atoms with Crippen LogP contribution < -0.4 is 0 Å². The lowest BCUT2D eigenvalue weighted by molar-refractivity contribution is -0.152. The lowest BCUT2D eigenvalue weighted by Crippen LogP contribution is -2.44. The van der Waals surface area contributed by atoms with Gasteiger partial charge in [-0.15, -0.1) is 0 Å². The average Bonchev–Trinajstić information content (AvgIpc) is 2.36. The molecule has 0 aliphatic carbocycles. The topological polar surface area (TPSA) is 55.8 Å². The van der Waals surface area contributed by atoms with Gasteiger partial charge < -0.3 is 14.4 Å². The molecule has 0 saturated carbocycles. The first-order valence-corrected chi connectivity index (χ1v) is 6.60. The first-order chi connectivity index (χ1) is 8.54. The van der Waals surface area contributed by atoms with Crippen molar-refractivity contribution in [1.29, 1.82) is 0 Å². The maximum atomic E-state index is 11.9. The molecule has 1 saturated heterocycles. The Labute approximate surface area is 108 Å². The molecule has 5 heteroatoms. The van der Waals surface area contributed by atoms with Gasteiger partial charge in [0.25, 0.3) is 0 Å². The zero-order valence-corrected chi connectivity index (χ0v) is 11.5. The van der Waals surface area contributed by atoms with Gasteiger partial charge in [0.2, 0.25) is 5.91 Å². The van der Waals surface area contributed by atoms with Crippen LogP contribution in [0.1, 0.15) is 33.6 Å². The normalized spacial score (nSPS) is 20.0. The maximum absolute atomic E-state index is 11.9. The highest BCUT2D eigenvalue weighted by atomic mass is 16.5. The van der Waals surface area contributed by atoms with Crippen LogP contribution in [0.2, 0.25) is 0 Å². The zero-order chi connectivity index (χ0) is 13.5. The summed E-state index contributed by atoms with van der Waals surface area (Å²) < 4.78 is 10.3. The van der Waals surface area contributed by atoms with Crippen LogP contribution in [0.5, 0.6) is 0 Å². The summed E-state index contributed by atoms with van der Waals surface area (Å²) in [7, 11) is 0. The molecule has 0 aromatic carbocycles. The van der Waals surface area contributed by atoms with E-state index in [-0.39, 0.29) is 30.5 Å². The van der Waals surface area contributed by atoms with Gasteiger partial charge in [0, 0.05) is 13.1 Å². The molecule has 1 unspecified atom stereocenters. The molecular formula is C13H23NO4. The van der Waals surface area contributed by atoms with Gasteiger partial charge in [0.05, 0.1) is 18.6 Å². The molecule has 0 bridgehead atoms. The van der Waals surface area contributed by atoms with E-state index in [2.05, 4.69) is 0 Å². The van der Waals surface area contributed by atoms with Crippen molar-refractivity contribution in [3.05, 3.63) is 0 Å². The van der Waals surface area contributed by atoms with E-state index < -0.39 is 0 Å². The largest absolute Gasteiger partial charge is 0.466 e. The van der Waals surface area contributed by atoms with Crippen molar-refractivity contribution < 1.29 is 19.1 Å². The second kappa shape index (κ2) is 7.36. The Balaban J connectivity index is 2.42. The standard InChI is InChI=1S/C13H23NO4/c1-4-17-13(16)11-6-5-7-14(8-11)12(15)9-18-10(2)3/h10-11H,4-9H2,1-3H3. The zero-order valence-electron chi connectivity index (χ0n) is 11.5. The molecule has 0 aromatic rings. The summed E-state index contributed by atoms with van der Waals surface area (Å²) in [5.41, 5.74) is 0. The molecule has 5 nitrogen and oxygen atoms in total. The minimum Gasteiger partial charge on any atom is -0.466 e. The number of carbonyl (C=O) groups is 2. The Morgan fingerprint density at radius 1 is 1.39 bits per heavy atom. The molecule has 104 valence electrons. The van der Waals surface area contributed by atoms with Crippen LogP contribution in [0, 0.1) is 5.92 Å². The molecule has 18 heavy (non-hydrogen) atoms. The van der Waals surface area contributed by atoms with E-state index in [1.807, 2.05) is 13.8 Å². The molecule has 1 heterocycles. The van der Waals surface area contributed by atoms with Crippen LogP contribution >= 0.6 is 0 Å². The van der Waals surface area contributed by atoms with E-state index in [0.29, 0.717) is 19.7 Å². The third-order valence-corrected chi connectivity index (χ3v) is 2.93. The van der Waals surface area contributed by atoms with Crippen molar-refractivity contribution in [3.8, 4) is 0 Å². The second-order valence-corrected chi connectivity index (χ2v) is 4.79. The van der Waals surface area contributed by atoms with Crippen molar-refractivity contribution in [2.24, 2.45) is 5.92 Å². The predicted molar refractivity (Wildman–Crippen MR) is 67.0 cm³/mol. The summed E-state index contributed by atoms with van der Waals surface area (Å²) in [6, 6.07) is 0. The third kappa shape index (κ3) is 4.64. The fraction of sp³-hybridized carbons (Fsp3) is 0.846. The number of nitrogens with zero attached hydrogens (tertiary/aromatic N) is 1. The van der Waals surface area contributed by atoms with Gasteiger partial charge in [-0.3, -0.25) is 9.59 Å². The Hall–Kier alpha value is -1.10. The van der Waals surface area contributed by atoms with Crippen molar-refractivity contribution in [3.63, 3.8) is 0 Å². The van der Waals surface area contributed by atoms with E-state index in [0.717, 1.165) is 12.8 Å². The summed E-state index contributed by atoms with van der Waals surface area (Å²) in [6.07, 6.45) is 1.68. The highest BCUT2D eigenvalue weighted by molar-refractivity contribution is 5.79. The highest BCUT2D eigenvalue weighted by Crippen LogP contribution is 2.18. The molecular weight excluding hydrogens is 234 g/mol. The Bertz CT molecular complexity index is 291. The van der Waals surface area contributed by atoms with Gasteiger partial charge in [-0.1, -0.05) is 0 Å². The van der Waals surface area contributed by atoms with Crippen LogP contribution in [-0.4, -0.2) is 49.2 Å². The first kappa shape index (κ1) is 15.0. The summed E-state index contributed by atoms with van der Waals surface area (Å²) in [5, 5.41) is 0. The van der Waals surface area contributed by atoms with Gasteiger partial charge in [-0.25, -0.2) is 0 Å². The van der Waals surface area contributed by atoms with Crippen LogP contribution in [0.25, 0.3) is 0 Å². The number of ether oxygens (including phenoxy) is 2. The molecule has 1 fully saturated rings. The quantitative estimate of drug-likeness (QED) is 0.695. The minimum absolute atomic E-state index is 0.0413. The Morgan fingerprint density at radius 3 is 2.72 bits per heavy atom. The number of piperidine rings is 1. The monoisotopic (exact) mass is 257 g/mol. The summed E-state index contributed by atoms with van der Waals surface area (Å²) in [4.78, 5) is 25.2. The van der Waals surface area contributed by atoms with Crippen molar-refractivity contribution in [1.82, 2.24) is 4.90 Å². The molecule has 0 radical (unpaired) electrons. The number of hydrogen-bond donors (Lipinski definition) is 0. The molecule has 1 atom stereocenters. The smallest absolute Gasteiger partial charge is 0.310 e. The summed E-state index contributed by atoms with van der Waals surface area (Å²) >= 11 is 0. The van der Waals surface area contributed by atoms with Crippen LogP contribution in [0.3, 0.4) is 0 Å². The van der Waals surface area contributed by atoms with E-state index in [1.54, 1.807) is 11.8 Å². The molecule has 1 aliphatic heterocycles. The van der Waals surface area contributed by atoms with Crippen LogP contribution in [0.4, 0.5) is 0 Å². The van der Waals surface area contributed by atoms with Gasteiger partial charge in [0.15, 0.2) is 0 Å². The lowest BCUT2D eigenvalue weighted by Gasteiger charge is -2.31. The number of esters is 1. The number of rotatable bonds is 5. The molecule has 1 aliphatic rings. The molecule has 1 rings (SSSR count). The SMILES string of the molecule is CCOC(=O)C1CCCN(C(=O)COC(C)C)C1. The molecule has 0 spiro atoms. The molecule has 0 N–H and O–H groups in total. The fourth-order valence-electron chi connectivity index (χ4n) is 1.99. The number of hydrogen-bond acceptors (Lipinski definition) is 4. The molecule has 1 amide bonds. The van der Waals surface area contributed by atoms with Gasteiger partial charge in [-0.2, -0.15) is 0 Å². The number of likely N-dealkylation sites (tertiary alicyclic amines) is 1. The first-order valence-electron chi connectivity index (χ1n) is 6.60. The number of carbonyl (C=O) groups excluding carboxylic acids is 2. The van der Waals surface area contributed by atoms with E-state index in [1.165, 1.54) is 0 Å². The molecule has 0 aromatic heterocycles. The van der Waals surface area contributed by atoms with Crippen LogP contribution in [-0.2, 0) is 19.1 Å². The Kier molecular flexibility index (Phi) is 6.12. The van der Waals surface area contributed by atoms with Gasteiger partial charge >= 0.3 is 5.97 Å². The second-order valence-electron chi connectivity index (χ2n) is 4.79. The fourth-order valence-corrected chi connectivity index (χ4v) is 1.99. The summed E-state index contributed by atoms with van der Waals surface area (Å²) in [5.74, 6) is -0.417. The van der Waals surface area contributed by atoms with Crippen molar-refractivity contribution in [2.45, 2.75) is 39.7 Å². The van der Waals surface area contributed by atoms with Crippen LogP contribution in [0.15, 0.2) is 0 Å². The van der Waals surface area contributed by atoms with Gasteiger partial charge in [0.1, 0.15) is 6.61 Å². The van der Waals surface area contributed by atoms with E-state index in [4.69, 9.17) is 9.47 Å². The lowest BCUT2D eigenvalue weighted by atomic mass is 9.98. The average molecular weight is 257 g/mol. The third-order valence-electron chi connectivity index (χ3n) is 2.93. The highest BCUT2D eigenvalue weighted by Gasteiger charge is 2.29.